The molecule has 0 spiro atoms. The molecule has 1 amide bonds. The Labute approximate surface area is 132 Å². The monoisotopic (exact) mass is 324 g/mol. The number of nitrogens with zero attached hydrogens (tertiary/aromatic N) is 1. The number of piperazine rings is 1. The Bertz CT molecular complexity index is 620. The molecule has 0 bridgehead atoms. The molecular formula is C16H24N2O3S. The van der Waals surface area contributed by atoms with Crippen LogP contribution in [-0.2, 0) is 21.1 Å². The van der Waals surface area contributed by atoms with Crippen molar-refractivity contribution in [3.63, 3.8) is 0 Å². The molecule has 1 N–H and O–H groups in total. The van der Waals surface area contributed by atoms with E-state index >= 15 is 0 Å². The Morgan fingerprint density at radius 2 is 1.95 bits per heavy atom. The van der Waals surface area contributed by atoms with Crippen molar-refractivity contribution in [3.8, 4) is 0 Å². The normalized spacial score (nSPS) is 16.0. The van der Waals surface area contributed by atoms with E-state index < -0.39 is 15.1 Å². The molecule has 1 aromatic carbocycles. The summed E-state index contributed by atoms with van der Waals surface area (Å²) in [5.41, 5.74) is 0.894. The number of carbonyl (C=O) groups is 1. The second-order valence-electron chi connectivity index (χ2n) is 5.87. The molecule has 1 aromatic rings. The maximum Gasteiger partial charge on any atom is 0.222 e. The van der Waals surface area contributed by atoms with E-state index in [1.807, 2.05) is 11.0 Å². The quantitative estimate of drug-likeness (QED) is 0.885. The van der Waals surface area contributed by atoms with Crippen LogP contribution in [0, 0.1) is 0 Å². The standard InChI is InChI=1S/C16H24N2O3S/c1-13(2)22(20,21)15-5-3-4-14(12-15)6-7-16(19)18-10-8-17-9-11-18/h3-5,12-13,17H,6-11H2,1-2H3. The van der Waals surface area contributed by atoms with Gasteiger partial charge in [-0.25, -0.2) is 8.42 Å². The summed E-state index contributed by atoms with van der Waals surface area (Å²) in [6.07, 6.45) is 0.995. The van der Waals surface area contributed by atoms with Crippen molar-refractivity contribution in [3.05, 3.63) is 29.8 Å². The molecule has 0 saturated carbocycles. The average molecular weight is 324 g/mol. The highest BCUT2D eigenvalue weighted by Crippen LogP contribution is 2.18. The van der Waals surface area contributed by atoms with Gasteiger partial charge in [-0.2, -0.15) is 0 Å². The third-order valence-corrected chi connectivity index (χ3v) is 6.10. The maximum atomic E-state index is 12.2. The van der Waals surface area contributed by atoms with Gasteiger partial charge in [0.15, 0.2) is 9.84 Å². The predicted molar refractivity (Wildman–Crippen MR) is 86.5 cm³/mol. The van der Waals surface area contributed by atoms with E-state index in [1.165, 1.54) is 0 Å². The number of aryl methyl sites for hydroxylation is 1. The molecule has 1 saturated heterocycles. The molecule has 22 heavy (non-hydrogen) atoms. The maximum absolute atomic E-state index is 12.2. The zero-order chi connectivity index (χ0) is 16.2. The van der Waals surface area contributed by atoms with Crippen molar-refractivity contribution < 1.29 is 13.2 Å². The minimum atomic E-state index is -3.26. The largest absolute Gasteiger partial charge is 0.340 e. The Morgan fingerprint density at radius 1 is 1.27 bits per heavy atom. The minimum absolute atomic E-state index is 0.138. The number of benzene rings is 1. The molecule has 2 rings (SSSR count). The summed E-state index contributed by atoms with van der Waals surface area (Å²) in [5.74, 6) is 0.138. The molecule has 0 aromatic heterocycles. The summed E-state index contributed by atoms with van der Waals surface area (Å²) in [7, 11) is -3.26. The summed E-state index contributed by atoms with van der Waals surface area (Å²) in [6, 6.07) is 6.95. The number of hydrogen-bond donors (Lipinski definition) is 1. The molecule has 6 heteroatoms. The van der Waals surface area contributed by atoms with E-state index in [4.69, 9.17) is 0 Å². The fourth-order valence-corrected chi connectivity index (χ4v) is 3.60. The molecule has 1 heterocycles. The Balaban J connectivity index is 2.00. The topological polar surface area (TPSA) is 66.5 Å². The minimum Gasteiger partial charge on any atom is -0.340 e. The molecular weight excluding hydrogens is 300 g/mol. The van der Waals surface area contributed by atoms with Crippen molar-refractivity contribution in [1.82, 2.24) is 10.2 Å². The van der Waals surface area contributed by atoms with Crippen molar-refractivity contribution in [2.24, 2.45) is 0 Å². The number of nitrogens with one attached hydrogen (secondary N) is 1. The van der Waals surface area contributed by atoms with Gasteiger partial charge in [-0.1, -0.05) is 12.1 Å². The molecule has 0 atom stereocenters. The Hall–Kier alpha value is -1.40. The van der Waals surface area contributed by atoms with E-state index in [9.17, 15) is 13.2 Å². The lowest BCUT2D eigenvalue weighted by Gasteiger charge is -2.27. The van der Waals surface area contributed by atoms with Crippen molar-refractivity contribution >= 4 is 15.7 Å². The van der Waals surface area contributed by atoms with Crippen LogP contribution in [0.5, 0.6) is 0 Å². The van der Waals surface area contributed by atoms with Gasteiger partial charge in [-0.3, -0.25) is 4.79 Å². The highest BCUT2D eigenvalue weighted by Gasteiger charge is 2.20. The second kappa shape index (κ2) is 7.24. The highest BCUT2D eigenvalue weighted by molar-refractivity contribution is 7.92. The number of amides is 1. The van der Waals surface area contributed by atoms with E-state index in [0.29, 0.717) is 17.7 Å². The fourth-order valence-electron chi connectivity index (χ4n) is 2.47. The first-order valence-electron chi connectivity index (χ1n) is 7.72. The second-order valence-corrected chi connectivity index (χ2v) is 8.38. The molecule has 1 aliphatic heterocycles. The molecule has 1 fully saturated rings. The van der Waals surface area contributed by atoms with Crippen molar-refractivity contribution in [2.75, 3.05) is 26.2 Å². The first kappa shape index (κ1) is 17.0. The average Bonchev–Trinajstić information content (AvgIpc) is 2.53. The fraction of sp³-hybridized carbons (Fsp3) is 0.562. The van der Waals surface area contributed by atoms with Gasteiger partial charge in [0.05, 0.1) is 10.1 Å². The number of sulfone groups is 1. The zero-order valence-corrected chi connectivity index (χ0v) is 14.0. The van der Waals surface area contributed by atoms with Gasteiger partial charge in [-0.15, -0.1) is 0 Å². The van der Waals surface area contributed by atoms with Crippen LogP contribution in [0.4, 0.5) is 0 Å². The van der Waals surface area contributed by atoms with Crippen LogP contribution in [0.25, 0.3) is 0 Å². The summed E-state index contributed by atoms with van der Waals surface area (Å²) in [6.45, 7) is 6.54. The number of rotatable bonds is 5. The molecule has 1 aliphatic rings. The van der Waals surface area contributed by atoms with E-state index in [1.54, 1.807) is 32.0 Å². The van der Waals surface area contributed by atoms with Gasteiger partial charge in [-0.05, 0) is 38.0 Å². The van der Waals surface area contributed by atoms with Gasteiger partial charge in [0.2, 0.25) is 5.91 Å². The van der Waals surface area contributed by atoms with Gasteiger partial charge in [0.1, 0.15) is 0 Å². The van der Waals surface area contributed by atoms with Gasteiger partial charge < -0.3 is 10.2 Å². The smallest absolute Gasteiger partial charge is 0.222 e. The van der Waals surface area contributed by atoms with Gasteiger partial charge >= 0.3 is 0 Å². The Kier molecular flexibility index (Phi) is 5.58. The van der Waals surface area contributed by atoms with Crippen LogP contribution in [0.1, 0.15) is 25.8 Å². The van der Waals surface area contributed by atoms with Crippen molar-refractivity contribution in [1.29, 1.82) is 0 Å². The lowest BCUT2D eigenvalue weighted by molar-refractivity contribution is -0.131. The summed E-state index contributed by atoms with van der Waals surface area (Å²) in [5, 5.41) is 2.78. The SMILES string of the molecule is CC(C)S(=O)(=O)c1cccc(CCC(=O)N2CCNCC2)c1. The van der Waals surface area contributed by atoms with E-state index in [0.717, 1.165) is 31.7 Å². The third-order valence-electron chi connectivity index (χ3n) is 3.94. The summed E-state index contributed by atoms with van der Waals surface area (Å²) >= 11 is 0. The van der Waals surface area contributed by atoms with E-state index in [2.05, 4.69) is 5.32 Å². The van der Waals surface area contributed by atoms with Crippen LogP contribution in [0.3, 0.4) is 0 Å². The van der Waals surface area contributed by atoms with Crippen LogP contribution in [0.2, 0.25) is 0 Å². The zero-order valence-electron chi connectivity index (χ0n) is 13.2. The van der Waals surface area contributed by atoms with E-state index in [-0.39, 0.29) is 5.91 Å². The first-order chi connectivity index (χ1) is 10.4. The predicted octanol–water partition coefficient (Wildman–Crippen LogP) is 1.23. The molecule has 0 radical (unpaired) electrons. The summed E-state index contributed by atoms with van der Waals surface area (Å²) in [4.78, 5) is 14.3. The lowest BCUT2D eigenvalue weighted by Crippen LogP contribution is -2.46. The summed E-state index contributed by atoms with van der Waals surface area (Å²) < 4.78 is 24.4. The van der Waals surface area contributed by atoms with Crippen molar-refractivity contribution in [2.45, 2.75) is 36.8 Å². The molecule has 5 nitrogen and oxygen atoms in total. The molecule has 0 aliphatic carbocycles. The molecule has 122 valence electrons. The number of hydrogen-bond acceptors (Lipinski definition) is 4. The van der Waals surface area contributed by atoms with Crippen LogP contribution < -0.4 is 5.32 Å². The first-order valence-corrected chi connectivity index (χ1v) is 9.27. The van der Waals surface area contributed by atoms with Gasteiger partial charge in [0.25, 0.3) is 0 Å². The van der Waals surface area contributed by atoms with Gasteiger partial charge in [0, 0.05) is 32.6 Å². The molecule has 0 unspecified atom stereocenters. The number of carbonyl (C=O) groups excluding carboxylic acids is 1. The highest BCUT2D eigenvalue weighted by atomic mass is 32.2. The Morgan fingerprint density at radius 3 is 2.59 bits per heavy atom. The third kappa shape index (κ3) is 4.08. The van der Waals surface area contributed by atoms with Crippen LogP contribution in [0.15, 0.2) is 29.2 Å². The lowest BCUT2D eigenvalue weighted by atomic mass is 10.1. The van der Waals surface area contributed by atoms with Crippen LogP contribution >= 0.6 is 0 Å². The van der Waals surface area contributed by atoms with Crippen LogP contribution in [-0.4, -0.2) is 50.7 Å².